The highest BCUT2D eigenvalue weighted by Gasteiger charge is 2.59. The van der Waals surface area contributed by atoms with E-state index in [0.717, 1.165) is 66.8 Å². The van der Waals surface area contributed by atoms with E-state index in [9.17, 15) is 0 Å². The van der Waals surface area contributed by atoms with Gasteiger partial charge in [-0.3, -0.25) is 0 Å². The first-order valence-corrected chi connectivity index (χ1v) is 26.1. The molecule has 3 atom stereocenters. The molecule has 3 unspecified atom stereocenters. The summed E-state index contributed by atoms with van der Waals surface area (Å²) in [7, 11) is 0. The Morgan fingerprint density at radius 2 is 0.645 bits per heavy atom. The van der Waals surface area contributed by atoms with Gasteiger partial charge < -0.3 is 0 Å². The lowest BCUT2D eigenvalue weighted by molar-refractivity contribution is 0.219. The second kappa shape index (κ2) is 18.1. The third-order valence-corrected chi connectivity index (χ3v) is 16.1. The lowest BCUT2D eigenvalue weighted by atomic mass is 9.48. The molecule has 11 aromatic rings. The van der Waals surface area contributed by atoms with Crippen molar-refractivity contribution in [1.82, 2.24) is 29.9 Å². The van der Waals surface area contributed by atoms with Crippen LogP contribution in [-0.4, -0.2) is 29.9 Å². The van der Waals surface area contributed by atoms with E-state index in [1.807, 2.05) is 48.5 Å². The molecule has 0 amide bonds. The predicted molar refractivity (Wildman–Crippen MR) is 307 cm³/mol. The molecule has 0 saturated heterocycles. The molecule has 0 saturated carbocycles. The van der Waals surface area contributed by atoms with Crippen LogP contribution in [0.1, 0.15) is 36.1 Å². The second-order valence-electron chi connectivity index (χ2n) is 20.6. The Balaban J connectivity index is 1.01. The Morgan fingerprint density at radius 1 is 0.276 bits per heavy atom. The summed E-state index contributed by atoms with van der Waals surface area (Å²) < 4.78 is 0. The summed E-state index contributed by atoms with van der Waals surface area (Å²) >= 11 is 0. The van der Waals surface area contributed by atoms with Crippen molar-refractivity contribution in [2.24, 2.45) is 11.8 Å². The van der Waals surface area contributed by atoms with Crippen LogP contribution in [0, 0.1) is 11.8 Å². The lowest BCUT2D eigenvalue weighted by Crippen LogP contribution is -2.51. The zero-order valence-electron chi connectivity index (χ0n) is 42.1. The van der Waals surface area contributed by atoms with Crippen LogP contribution in [0.3, 0.4) is 0 Å². The summed E-state index contributed by atoms with van der Waals surface area (Å²) in [5.41, 5.74) is 16.7. The van der Waals surface area contributed by atoms with E-state index in [1.165, 1.54) is 22.3 Å². The molecular weight excluding hydrogens is 925 g/mol. The van der Waals surface area contributed by atoms with Crippen LogP contribution in [0.15, 0.2) is 255 Å². The Hall–Kier alpha value is -9.52. The van der Waals surface area contributed by atoms with Gasteiger partial charge in [-0.15, -0.1) is 0 Å². The van der Waals surface area contributed by atoms with Gasteiger partial charge in [0, 0.05) is 39.3 Å². The third-order valence-electron chi connectivity index (χ3n) is 16.1. The number of benzene rings is 9. The standard InChI is InChI=1S/C70H50N6/c1-69(2)57-29-15-17-31-59(57)70(60-32-18-16-30-58(60)69)56-43-42-53(67-73-63(49-24-11-5-12-25-49)71-65(74-67)51-38-34-47(35-39-51)45-20-7-3-8-21-45)44-55(56)62-54(28-19-33-61(62)70)68-75-64(50-26-13-6-14-27-50)72-66(76-68)52-40-36-48(37-41-52)46-22-9-4-10-23-46/h3-44,57,59H,1-2H3. The van der Waals surface area contributed by atoms with E-state index >= 15 is 0 Å². The second-order valence-corrected chi connectivity index (χ2v) is 20.6. The van der Waals surface area contributed by atoms with Crippen molar-refractivity contribution in [2.45, 2.75) is 24.7 Å². The fourth-order valence-corrected chi connectivity index (χ4v) is 12.4. The molecule has 6 heteroatoms. The van der Waals surface area contributed by atoms with Gasteiger partial charge in [0.1, 0.15) is 0 Å². The topological polar surface area (TPSA) is 77.3 Å². The maximum atomic E-state index is 5.45. The fraction of sp³-hybridized carbons (Fsp3) is 0.0857. The summed E-state index contributed by atoms with van der Waals surface area (Å²) in [4.78, 5) is 31.8. The summed E-state index contributed by atoms with van der Waals surface area (Å²) in [5, 5.41) is 0. The number of rotatable bonds is 8. The highest BCUT2D eigenvalue weighted by atomic mass is 15.0. The summed E-state index contributed by atoms with van der Waals surface area (Å²) in [6.45, 7) is 4.83. The molecule has 360 valence electrons. The van der Waals surface area contributed by atoms with Gasteiger partial charge in [0.05, 0.1) is 5.41 Å². The smallest absolute Gasteiger partial charge is 0.164 e. The fourth-order valence-electron chi connectivity index (χ4n) is 12.4. The van der Waals surface area contributed by atoms with E-state index in [0.29, 0.717) is 34.9 Å². The van der Waals surface area contributed by atoms with E-state index < -0.39 is 5.41 Å². The lowest BCUT2D eigenvalue weighted by Gasteiger charge is -2.54. The van der Waals surface area contributed by atoms with Gasteiger partial charge in [-0.1, -0.05) is 263 Å². The van der Waals surface area contributed by atoms with Crippen LogP contribution in [0.4, 0.5) is 0 Å². The molecule has 0 fully saturated rings. The molecule has 0 bridgehead atoms. The average molecular weight is 975 g/mol. The van der Waals surface area contributed by atoms with Crippen LogP contribution in [0.2, 0.25) is 0 Å². The van der Waals surface area contributed by atoms with Crippen molar-refractivity contribution < 1.29 is 0 Å². The zero-order chi connectivity index (χ0) is 50.8. The number of aromatic nitrogens is 6. The first-order valence-electron chi connectivity index (χ1n) is 26.1. The van der Waals surface area contributed by atoms with Crippen LogP contribution in [0.5, 0.6) is 0 Å². The summed E-state index contributed by atoms with van der Waals surface area (Å²) in [6.07, 6.45) is 9.39. The molecule has 14 rings (SSSR count). The summed E-state index contributed by atoms with van der Waals surface area (Å²) in [6, 6.07) is 81.2. The Labute approximate surface area is 443 Å². The van der Waals surface area contributed by atoms with Crippen molar-refractivity contribution in [1.29, 1.82) is 0 Å². The number of nitrogens with zero attached hydrogens (tertiary/aromatic N) is 6. The van der Waals surface area contributed by atoms with Crippen LogP contribution >= 0.6 is 0 Å². The quantitative estimate of drug-likeness (QED) is 0.151. The van der Waals surface area contributed by atoms with Gasteiger partial charge in [0.2, 0.25) is 0 Å². The largest absolute Gasteiger partial charge is 0.208 e. The normalized spacial score (nSPS) is 17.4. The van der Waals surface area contributed by atoms with Gasteiger partial charge in [-0.25, -0.2) is 29.9 Å². The number of hydrogen-bond acceptors (Lipinski definition) is 6. The Kier molecular flexibility index (Phi) is 10.8. The monoisotopic (exact) mass is 974 g/mol. The highest BCUT2D eigenvalue weighted by molar-refractivity contribution is 5.95. The highest BCUT2D eigenvalue weighted by Crippen LogP contribution is 2.66. The van der Waals surface area contributed by atoms with Crippen molar-refractivity contribution in [3.8, 4) is 102 Å². The molecule has 6 nitrogen and oxygen atoms in total. The maximum Gasteiger partial charge on any atom is 0.164 e. The molecule has 9 aromatic carbocycles. The Morgan fingerprint density at radius 3 is 1.16 bits per heavy atom. The average Bonchev–Trinajstić information content (AvgIpc) is 3.99. The molecule has 1 spiro atoms. The van der Waals surface area contributed by atoms with E-state index in [-0.39, 0.29) is 17.3 Å². The molecule has 2 aromatic heterocycles. The van der Waals surface area contributed by atoms with E-state index in [4.69, 9.17) is 29.9 Å². The van der Waals surface area contributed by atoms with Crippen molar-refractivity contribution in [2.75, 3.05) is 0 Å². The minimum atomic E-state index is -0.567. The van der Waals surface area contributed by atoms with Crippen molar-refractivity contribution in [3.63, 3.8) is 0 Å². The molecule has 3 aliphatic rings. The van der Waals surface area contributed by atoms with Crippen LogP contribution < -0.4 is 0 Å². The van der Waals surface area contributed by atoms with Gasteiger partial charge in [-0.05, 0) is 73.0 Å². The first-order chi connectivity index (χ1) is 37.4. The van der Waals surface area contributed by atoms with Crippen LogP contribution in [0.25, 0.3) is 102 Å². The molecule has 0 aliphatic heterocycles. The molecule has 0 radical (unpaired) electrons. The molecule has 3 aliphatic carbocycles. The van der Waals surface area contributed by atoms with Gasteiger partial charge in [-0.2, -0.15) is 0 Å². The van der Waals surface area contributed by atoms with Gasteiger partial charge >= 0.3 is 0 Å². The maximum absolute atomic E-state index is 5.45. The van der Waals surface area contributed by atoms with Crippen LogP contribution in [-0.2, 0) is 10.8 Å². The van der Waals surface area contributed by atoms with E-state index in [1.54, 1.807) is 0 Å². The SMILES string of the molecule is CC1(C)c2ccccc2C2(c3ccc(-c4nc(-c5ccccc5)nc(-c5ccc(-c6ccccc6)cc5)n4)cc3-c3c(-c4nc(-c5ccccc5)nc(-c5ccc(-c6ccccc6)cc5)n4)cccc32)C2C=CC=CC21. The van der Waals surface area contributed by atoms with Gasteiger partial charge in [0.25, 0.3) is 0 Å². The molecule has 76 heavy (non-hydrogen) atoms. The van der Waals surface area contributed by atoms with Crippen molar-refractivity contribution >= 4 is 0 Å². The Bertz CT molecular complexity index is 4060. The summed E-state index contributed by atoms with van der Waals surface area (Å²) in [5.74, 6) is 3.93. The van der Waals surface area contributed by atoms with Crippen molar-refractivity contribution in [3.05, 3.63) is 277 Å². The number of allylic oxidation sites excluding steroid dienone is 4. The third kappa shape index (κ3) is 7.39. The minimum absolute atomic E-state index is 0.0905. The molecule has 0 N–H and O–H groups in total. The predicted octanol–water partition coefficient (Wildman–Crippen LogP) is 16.4. The number of fused-ring (bicyclic) bond motifs is 9. The first kappa shape index (κ1) is 45.1. The molecular formula is C70H50N6. The minimum Gasteiger partial charge on any atom is -0.208 e. The van der Waals surface area contributed by atoms with E-state index in [2.05, 4.69) is 220 Å². The number of hydrogen-bond donors (Lipinski definition) is 0. The zero-order valence-corrected chi connectivity index (χ0v) is 42.1. The van der Waals surface area contributed by atoms with Gasteiger partial charge in [0.15, 0.2) is 34.9 Å². The molecule has 2 heterocycles.